The molecule has 0 radical (unpaired) electrons. The summed E-state index contributed by atoms with van der Waals surface area (Å²) in [5, 5.41) is 13.9. The molecule has 4 N–H and O–H groups in total. The molecular formula is C31H35N7O4S. The van der Waals surface area contributed by atoms with E-state index in [1.807, 2.05) is 44.2 Å². The zero-order chi connectivity index (χ0) is 30.3. The fraction of sp³-hybridized carbons (Fsp3) is 0.355. The largest absolute Gasteiger partial charge is 0.354 e. The maximum Gasteiger partial charge on any atom is 0.271 e. The topological polar surface area (TPSA) is 147 Å². The van der Waals surface area contributed by atoms with Crippen LogP contribution < -0.4 is 21.3 Å². The third kappa shape index (κ3) is 7.44. The molecule has 0 saturated heterocycles. The first kappa shape index (κ1) is 29.9. The van der Waals surface area contributed by atoms with Crippen LogP contribution in [0.15, 0.2) is 66.4 Å². The molecule has 3 atom stereocenters. The number of pyridine rings is 1. The van der Waals surface area contributed by atoms with Gasteiger partial charge in [0.05, 0.1) is 11.6 Å². The van der Waals surface area contributed by atoms with E-state index in [9.17, 15) is 19.2 Å². The van der Waals surface area contributed by atoms with Gasteiger partial charge in [0.1, 0.15) is 28.4 Å². The van der Waals surface area contributed by atoms with Gasteiger partial charge < -0.3 is 25.7 Å². The number of carbonyl (C=O) groups is 4. The van der Waals surface area contributed by atoms with E-state index in [0.717, 1.165) is 5.56 Å². The average molecular weight is 602 g/mol. The molecule has 0 unspecified atom stereocenters. The van der Waals surface area contributed by atoms with Crippen LogP contribution in [0.5, 0.6) is 0 Å². The number of hydrogen-bond acceptors (Lipinski definition) is 7. The second-order valence-electron chi connectivity index (χ2n) is 10.9. The van der Waals surface area contributed by atoms with Crippen molar-refractivity contribution in [3.8, 4) is 0 Å². The molecule has 0 spiro atoms. The molecule has 12 heteroatoms. The molecule has 2 bridgehead atoms. The van der Waals surface area contributed by atoms with Gasteiger partial charge in [-0.3, -0.25) is 19.2 Å². The number of carbonyl (C=O) groups excluding carboxylic acids is 4. The molecule has 0 fully saturated rings. The van der Waals surface area contributed by atoms with Crippen molar-refractivity contribution in [1.82, 2.24) is 35.6 Å². The molecule has 0 aliphatic carbocycles. The summed E-state index contributed by atoms with van der Waals surface area (Å²) in [6.45, 7) is 4.27. The maximum absolute atomic E-state index is 13.6. The molecular weight excluding hydrogens is 566 g/mol. The molecule has 4 aromatic rings. The quantitative estimate of drug-likeness (QED) is 0.277. The van der Waals surface area contributed by atoms with Crippen molar-refractivity contribution in [3.63, 3.8) is 0 Å². The van der Waals surface area contributed by atoms with Crippen molar-refractivity contribution >= 4 is 40.6 Å². The lowest BCUT2D eigenvalue weighted by Gasteiger charge is -2.25. The van der Waals surface area contributed by atoms with Crippen LogP contribution in [0.2, 0.25) is 0 Å². The van der Waals surface area contributed by atoms with Crippen LogP contribution in [0, 0.1) is 5.92 Å². The Morgan fingerprint density at radius 2 is 1.88 bits per heavy atom. The van der Waals surface area contributed by atoms with Gasteiger partial charge in [-0.05, 0) is 42.9 Å². The normalized spacial score (nSPS) is 20.3. The van der Waals surface area contributed by atoms with Crippen LogP contribution in [0.4, 0.5) is 0 Å². The lowest BCUT2D eigenvalue weighted by atomic mass is 10.0. The highest BCUT2D eigenvalue weighted by Crippen LogP contribution is 2.26. The van der Waals surface area contributed by atoms with Gasteiger partial charge in [0.15, 0.2) is 0 Å². The number of benzene rings is 1. The molecule has 11 nitrogen and oxygen atoms in total. The van der Waals surface area contributed by atoms with E-state index in [0.29, 0.717) is 48.4 Å². The van der Waals surface area contributed by atoms with E-state index in [1.54, 1.807) is 40.5 Å². The Hall–Kier alpha value is -4.58. The fourth-order valence-corrected chi connectivity index (χ4v) is 5.99. The van der Waals surface area contributed by atoms with Gasteiger partial charge in [0, 0.05) is 36.9 Å². The molecule has 3 aromatic heterocycles. The summed E-state index contributed by atoms with van der Waals surface area (Å²) in [6, 6.07) is 10.9. The monoisotopic (exact) mass is 601 g/mol. The first-order chi connectivity index (χ1) is 20.8. The number of fused-ring (bicyclic) bond motifs is 3. The van der Waals surface area contributed by atoms with Crippen molar-refractivity contribution in [3.05, 3.63) is 88.3 Å². The number of nitrogens with zero attached hydrogens (tertiary/aromatic N) is 3. The van der Waals surface area contributed by atoms with E-state index in [4.69, 9.17) is 0 Å². The Morgan fingerprint density at radius 1 is 1.07 bits per heavy atom. The second-order valence-corrected chi connectivity index (χ2v) is 11.8. The molecule has 0 saturated carbocycles. The Balaban J connectivity index is 1.37. The van der Waals surface area contributed by atoms with Crippen LogP contribution in [0.25, 0.3) is 5.65 Å². The first-order valence-corrected chi connectivity index (χ1v) is 15.3. The smallest absolute Gasteiger partial charge is 0.271 e. The lowest BCUT2D eigenvalue weighted by molar-refractivity contribution is -0.124. The minimum Gasteiger partial charge on any atom is -0.354 e. The van der Waals surface area contributed by atoms with E-state index < -0.39 is 24.0 Å². The van der Waals surface area contributed by atoms with E-state index in [1.165, 1.54) is 11.3 Å². The summed E-state index contributed by atoms with van der Waals surface area (Å²) in [5.41, 5.74) is 2.21. The SMILES string of the molecule is CC(C)[C@H]1NC(=O)[C@@H](NC(=O)c2ccc3nccn3c2)CCCCNC(=O)[C@@H](Cc2ccccc2)NC(=O)c2csc1n2. The van der Waals surface area contributed by atoms with Gasteiger partial charge in [0.25, 0.3) is 11.8 Å². The summed E-state index contributed by atoms with van der Waals surface area (Å²) in [5.74, 6) is -1.51. The highest BCUT2D eigenvalue weighted by Gasteiger charge is 2.29. The predicted octanol–water partition coefficient (Wildman–Crippen LogP) is 3.04. The average Bonchev–Trinajstić information content (AvgIpc) is 3.68. The third-order valence-electron chi connectivity index (χ3n) is 7.38. The highest BCUT2D eigenvalue weighted by atomic mass is 32.1. The lowest BCUT2D eigenvalue weighted by Crippen LogP contribution is -2.49. The van der Waals surface area contributed by atoms with Crippen LogP contribution in [-0.2, 0) is 16.0 Å². The molecule has 43 heavy (non-hydrogen) atoms. The van der Waals surface area contributed by atoms with Crippen molar-refractivity contribution in [2.45, 2.75) is 57.7 Å². The summed E-state index contributed by atoms with van der Waals surface area (Å²) >= 11 is 1.27. The van der Waals surface area contributed by atoms with Crippen LogP contribution in [0.1, 0.15) is 70.6 Å². The highest BCUT2D eigenvalue weighted by molar-refractivity contribution is 7.09. The zero-order valence-electron chi connectivity index (χ0n) is 24.1. The van der Waals surface area contributed by atoms with Gasteiger partial charge in [-0.25, -0.2) is 9.97 Å². The van der Waals surface area contributed by atoms with Crippen molar-refractivity contribution in [2.24, 2.45) is 5.92 Å². The van der Waals surface area contributed by atoms with Gasteiger partial charge in [-0.1, -0.05) is 44.2 Å². The Bertz CT molecular complexity index is 1600. The minimum atomic E-state index is -0.815. The number of nitrogens with one attached hydrogen (secondary N) is 4. The Morgan fingerprint density at radius 3 is 2.67 bits per heavy atom. The van der Waals surface area contributed by atoms with Crippen molar-refractivity contribution in [2.75, 3.05) is 6.54 Å². The Kier molecular flexibility index (Phi) is 9.45. The molecule has 4 amide bonds. The van der Waals surface area contributed by atoms with Crippen molar-refractivity contribution in [1.29, 1.82) is 0 Å². The van der Waals surface area contributed by atoms with Crippen molar-refractivity contribution < 1.29 is 19.2 Å². The number of rotatable bonds is 5. The van der Waals surface area contributed by atoms with Crippen LogP contribution >= 0.6 is 11.3 Å². The van der Waals surface area contributed by atoms with Crippen LogP contribution in [-0.4, -0.2) is 56.6 Å². The molecule has 4 heterocycles. The third-order valence-corrected chi connectivity index (χ3v) is 8.31. The summed E-state index contributed by atoms with van der Waals surface area (Å²) in [6.07, 6.45) is 6.93. The van der Waals surface area contributed by atoms with Gasteiger partial charge in [-0.15, -0.1) is 11.3 Å². The second kappa shape index (κ2) is 13.6. The first-order valence-electron chi connectivity index (χ1n) is 14.4. The van der Waals surface area contributed by atoms with E-state index >= 15 is 0 Å². The van der Waals surface area contributed by atoms with Gasteiger partial charge >= 0.3 is 0 Å². The molecule has 1 aliphatic heterocycles. The molecule has 1 aliphatic rings. The molecule has 224 valence electrons. The number of amides is 4. The number of hydrogen-bond donors (Lipinski definition) is 4. The van der Waals surface area contributed by atoms with E-state index in [2.05, 4.69) is 31.2 Å². The summed E-state index contributed by atoms with van der Waals surface area (Å²) in [4.78, 5) is 62.0. The standard InChI is InChI=1S/C31H35N7O4S/c1-19(2)26-31-36-24(18-43-31)30(42)35-23(16-20-8-4-3-5-9-20)28(40)33-13-7-6-10-22(29(41)37-26)34-27(39)21-11-12-25-32-14-15-38(25)17-21/h3-5,8-9,11-12,14-15,17-19,22-23,26H,6-7,10,13,16H2,1-2H3,(H,33,40)(H,34,39)(H,35,42)(H,37,41)/t22-,23+,26+/m0/s1. The van der Waals surface area contributed by atoms with Gasteiger partial charge in [-0.2, -0.15) is 0 Å². The number of aromatic nitrogens is 3. The van der Waals surface area contributed by atoms with Crippen LogP contribution in [0.3, 0.4) is 0 Å². The predicted molar refractivity (Wildman–Crippen MR) is 163 cm³/mol. The summed E-state index contributed by atoms with van der Waals surface area (Å²) in [7, 11) is 0. The number of thiazole rings is 1. The molecule has 1 aromatic carbocycles. The summed E-state index contributed by atoms with van der Waals surface area (Å²) < 4.78 is 1.74. The maximum atomic E-state index is 13.6. The fourth-order valence-electron chi connectivity index (χ4n) is 4.97. The van der Waals surface area contributed by atoms with E-state index in [-0.39, 0.29) is 29.3 Å². The number of imidazole rings is 1. The molecule has 5 rings (SSSR count). The Labute approximate surface area is 253 Å². The minimum absolute atomic E-state index is 0.0403. The zero-order valence-corrected chi connectivity index (χ0v) is 24.9. The van der Waals surface area contributed by atoms with Gasteiger partial charge in [0.2, 0.25) is 11.8 Å².